The minimum atomic E-state index is -1.03. The van der Waals surface area contributed by atoms with Gasteiger partial charge in [-0.05, 0) is 65.7 Å². The van der Waals surface area contributed by atoms with E-state index in [0.717, 1.165) is 5.56 Å². The van der Waals surface area contributed by atoms with Crippen LogP contribution in [0, 0.1) is 0 Å². The van der Waals surface area contributed by atoms with E-state index in [0.29, 0.717) is 12.0 Å². The van der Waals surface area contributed by atoms with Crippen molar-refractivity contribution in [2.24, 2.45) is 0 Å². The molecular formula is C20H29NO6. The summed E-state index contributed by atoms with van der Waals surface area (Å²) in [6.07, 6.45) is -0.619. The summed E-state index contributed by atoms with van der Waals surface area (Å²) in [4.78, 5) is 35.1. The number of carboxylic acids is 1. The second-order valence-corrected chi connectivity index (χ2v) is 8.34. The van der Waals surface area contributed by atoms with E-state index in [9.17, 15) is 14.4 Å². The standard InChI is InChI=1S/C20H29NO6/c1-19(2,3)26-17(24)14-9-7-13(8-10-14)11-15(12-16(22)23)21-18(25)27-20(4,5)6/h7-10,15H,11-12H2,1-6H3,(H,21,25)(H,22,23)/t15-/m0/s1. The fourth-order valence-corrected chi connectivity index (χ4v) is 2.26. The number of aliphatic carboxylic acids is 1. The highest BCUT2D eigenvalue weighted by Crippen LogP contribution is 2.15. The van der Waals surface area contributed by atoms with Crippen LogP contribution in [0.25, 0.3) is 0 Å². The van der Waals surface area contributed by atoms with E-state index in [1.54, 1.807) is 65.8 Å². The molecule has 0 unspecified atom stereocenters. The SMILES string of the molecule is CC(C)(C)OC(=O)N[C@H](CC(=O)O)Cc1ccc(C(=O)OC(C)(C)C)cc1. The zero-order valence-corrected chi connectivity index (χ0v) is 16.8. The van der Waals surface area contributed by atoms with E-state index in [4.69, 9.17) is 14.6 Å². The third-order valence-corrected chi connectivity index (χ3v) is 3.21. The molecule has 0 aromatic heterocycles. The summed E-state index contributed by atoms with van der Waals surface area (Å²) in [5, 5.41) is 11.7. The molecule has 27 heavy (non-hydrogen) atoms. The highest BCUT2D eigenvalue weighted by molar-refractivity contribution is 5.89. The normalized spacial score (nSPS) is 12.8. The number of alkyl carbamates (subject to hydrolysis) is 1. The van der Waals surface area contributed by atoms with Crippen molar-refractivity contribution in [2.75, 3.05) is 0 Å². The van der Waals surface area contributed by atoms with Crippen LogP contribution in [0.5, 0.6) is 0 Å². The van der Waals surface area contributed by atoms with Gasteiger partial charge in [0, 0.05) is 6.04 Å². The van der Waals surface area contributed by atoms with E-state index < -0.39 is 35.3 Å². The summed E-state index contributed by atoms with van der Waals surface area (Å²) in [6.45, 7) is 10.6. The van der Waals surface area contributed by atoms with Gasteiger partial charge in [0.05, 0.1) is 12.0 Å². The zero-order chi connectivity index (χ0) is 20.8. The Labute approximate surface area is 160 Å². The molecule has 1 aromatic rings. The Morgan fingerprint density at radius 1 is 0.963 bits per heavy atom. The third-order valence-electron chi connectivity index (χ3n) is 3.21. The van der Waals surface area contributed by atoms with Crippen molar-refractivity contribution in [3.63, 3.8) is 0 Å². The number of carboxylic acid groups (broad SMARTS) is 1. The van der Waals surface area contributed by atoms with Crippen molar-refractivity contribution >= 4 is 18.0 Å². The minimum Gasteiger partial charge on any atom is -0.481 e. The predicted molar refractivity (Wildman–Crippen MR) is 101 cm³/mol. The van der Waals surface area contributed by atoms with E-state index in [1.165, 1.54) is 0 Å². The Balaban J connectivity index is 2.79. The molecule has 1 atom stereocenters. The first kappa shape index (κ1) is 22.5. The van der Waals surface area contributed by atoms with Crippen LogP contribution in [-0.2, 0) is 20.7 Å². The lowest BCUT2D eigenvalue weighted by Crippen LogP contribution is -2.41. The van der Waals surface area contributed by atoms with Crippen molar-refractivity contribution in [1.82, 2.24) is 5.32 Å². The van der Waals surface area contributed by atoms with Gasteiger partial charge in [0.15, 0.2) is 0 Å². The first-order chi connectivity index (χ1) is 12.2. The number of ether oxygens (including phenoxy) is 2. The Morgan fingerprint density at radius 2 is 1.48 bits per heavy atom. The van der Waals surface area contributed by atoms with E-state index in [1.807, 2.05) is 0 Å². The summed E-state index contributed by atoms with van der Waals surface area (Å²) in [7, 11) is 0. The van der Waals surface area contributed by atoms with E-state index >= 15 is 0 Å². The second-order valence-electron chi connectivity index (χ2n) is 8.34. The summed E-state index contributed by atoms with van der Waals surface area (Å²) in [5.41, 5.74) is -0.0692. The van der Waals surface area contributed by atoms with Crippen molar-refractivity contribution in [3.05, 3.63) is 35.4 Å². The molecule has 2 N–H and O–H groups in total. The first-order valence-corrected chi connectivity index (χ1v) is 8.79. The number of esters is 1. The van der Waals surface area contributed by atoms with Gasteiger partial charge in [-0.15, -0.1) is 0 Å². The second kappa shape index (κ2) is 8.88. The Morgan fingerprint density at radius 3 is 1.93 bits per heavy atom. The molecule has 0 radical (unpaired) electrons. The minimum absolute atomic E-state index is 0.243. The largest absolute Gasteiger partial charge is 0.481 e. The van der Waals surface area contributed by atoms with Crippen molar-refractivity contribution in [3.8, 4) is 0 Å². The fraction of sp³-hybridized carbons (Fsp3) is 0.550. The van der Waals surface area contributed by atoms with Crippen LogP contribution in [0.3, 0.4) is 0 Å². The van der Waals surface area contributed by atoms with Gasteiger partial charge < -0.3 is 19.9 Å². The number of rotatable bonds is 6. The number of hydrogen-bond acceptors (Lipinski definition) is 5. The zero-order valence-electron chi connectivity index (χ0n) is 16.8. The average molecular weight is 379 g/mol. The molecule has 7 heteroatoms. The number of nitrogens with one attached hydrogen (secondary N) is 1. The Hall–Kier alpha value is -2.57. The van der Waals surface area contributed by atoms with Gasteiger partial charge in [0.25, 0.3) is 0 Å². The van der Waals surface area contributed by atoms with Crippen LogP contribution >= 0.6 is 0 Å². The van der Waals surface area contributed by atoms with Crippen molar-refractivity contribution < 1.29 is 29.0 Å². The van der Waals surface area contributed by atoms with Gasteiger partial charge in [0.2, 0.25) is 0 Å². The molecule has 1 rings (SSSR count). The van der Waals surface area contributed by atoms with Crippen LogP contribution in [0.15, 0.2) is 24.3 Å². The molecule has 0 saturated carbocycles. The van der Waals surface area contributed by atoms with Crippen molar-refractivity contribution in [1.29, 1.82) is 0 Å². The highest BCUT2D eigenvalue weighted by atomic mass is 16.6. The number of benzene rings is 1. The number of carbonyl (C=O) groups excluding carboxylic acids is 2. The number of hydrogen-bond donors (Lipinski definition) is 2. The molecule has 0 heterocycles. The lowest BCUT2D eigenvalue weighted by molar-refractivity contribution is -0.137. The summed E-state index contributed by atoms with van der Waals surface area (Å²) in [5.74, 6) is -1.45. The molecule has 0 saturated heterocycles. The summed E-state index contributed by atoms with van der Waals surface area (Å²) in [6, 6.07) is 6.03. The summed E-state index contributed by atoms with van der Waals surface area (Å²) >= 11 is 0. The quantitative estimate of drug-likeness (QED) is 0.733. The van der Waals surface area contributed by atoms with Gasteiger partial charge in [-0.1, -0.05) is 12.1 Å². The van der Waals surface area contributed by atoms with Gasteiger partial charge in [-0.3, -0.25) is 4.79 Å². The topological polar surface area (TPSA) is 102 Å². The smallest absolute Gasteiger partial charge is 0.407 e. The number of amides is 1. The maximum absolute atomic E-state index is 12.0. The van der Waals surface area contributed by atoms with Crippen LogP contribution < -0.4 is 5.32 Å². The van der Waals surface area contributed by atoms with Crippen molar-refractivity contribution in [2.45, 2.75) is 71.6 Å². The molecule has 0 aliphatic heterocycles. The maximum atomic E-state index is 12.0. The monoisotopic (exact) mass is 379 g/mol. The molecular weight excluding hydrogens is 350 g/mol. The molecule has 0 aliphatic rings. The molecule has 0 aliphatic carbocycles. The lowest BCUT2D eigenvalue weighted by Gasteiger charge is -2.23. The predicted octanol–water partition coefficient (Wildman–Crippen LogP) is 3.55. The van der Waals surface area contributed by atoms with Crippen LogP contribution in [0.4, 0.5) is 4.79 Å². The van der Waals surface area contributed by atoms with Crippen LogP contribution in [0.1, 0.15) is 63.9 Å². The average Bonchev–Trinajstić information content (AvgIpc) is 2.43. The Kier molecular flexibility index (Phi) is 7.39. The number of carbonyl (C=O) groups is 3. The van der Waals surface area contributed by atoms with Gasteiger partial charge in [0.1, 0.15) is 11.2 Å². The van der Waals surface area contributed by atoms with Gasteiger partial charge >= 0.3 is 18.0 Å². The molecule has 0 fully saturated rings. The van der Waals surface area contributed by atoms with Crippen LogP contribution in [-0.4, -0.2) is 40.4 Å². The lowest BCUT2D eigenvalue weighted by atomic mass is 10.0. The van der Waals surface area contributed by atoms with Gasteiger partial charge in [-0.2, -0.15) is 0 Å². The maximum Gasteiger partial charge on any atom is 0.407 e. The fourth-order valence-electron chi connectivity index (χ4n) is 2.26. The molecule has 1 amide bonds. The third kappa shape index (κ3) is 9.63. The van der Waals surface area contributed by atoms with E-state index in [-0.39, 0.29) is 6.42 Å². The molecule has 1 aromatic carbocycles. The van der Waals surface area contributed by atoms with Crippen LogP contribution in [0.2, 0.25) is 0 Å². The Bertz CT molecular complexity index is 667. The first-order valence-electron chi connectivity index (χ1n) is 8.79. The molecule has 150 valence electrons. The summed E-state index contributed by atoms with van der Waals surface area (Å²) < 4.78 is 10.5. The molecule has 7 nitrogen and oxygen atoms in total. The molecule has 0 spiro atoms. The highest BCUT2D eigenvalue weighted by Gasteiger charge is 2.22. The molecule has 0 bridgehead atoms. The van der Waals surface area contributed by atoms with Gasteiger partial charge in [-0.25, -0.2) is 9.59 Å². The van der Waals surface area contributed by atoms with E-state index in [2.05, 4.69) is 5.32 Å².